The van der Waals surface area contributed by atoms with E-state index in [1.165, 1.54) is 23.9 Å². The van der Waals surface area contributed by atoms with Crippen molar-refractivity contribution in [2.75, 3.05) is 5.75 Å². The number of thioether (sulfide) groups is 1. The number of aliphatic carboxylic acids is 1. The molecule has 1 amide bonds. The molecule has 200 valence electrons. The van der Waals surface area contributed by atoms with E-state index in [1.807, 2.05) is 6.92 Å². The summed E-state index contributed by atoms with van der Waals surface area (Å²) in [6.07, 6.45) is -1.14. The van der Waals surface area contributed by atoms with E-state index in [9.17, 15) is 33.2 Å². The number of aliphatic imine (C=N–C) groups is 1. The van der Waals surface area contributed by atoms with Gasteiger partial charge in [-0.2, -0.15) is 4.31 Å². The second kappa shape index (κ2) is 12.5. The van der Waals surface area contributed by atoms with Crippen molar-refractivity contribution in [3.63, 3.8) is 0 Å². The number of nitro groups is 1. The van der Waals surface area contributed by atoms with Crippen LogP contribution < -0.4 is 5.32 Å². The van der Waals surface area contributed by atoms with Crippen LogP contribution in [-0.4, -0.2) is 63.5 Å². The van der Waals surface area contributed by atoms with Crippen LogP contribution in [0.1, 0.15) is 59.8 Å². The molecular formula is C22H32N4O8S2. The minimum absolute atomic E-state index is 0.160. The molecule has 0 fully saturated rings. The predicted octanol–water partition coefficient (Wildman–Crippen LogP) is 3.96. The zero-order chi connectivity index (χ0) is 27.1. The first-order chi connectivity index (χ1) is 16.8. The summed E-state index contributed by atoms with van der Waals surface area (Å²) in [7, 11) is -4.71. The SMILES string of the molecule is CCCCCC1=N[C@@H](N([C@@H](CC(=O)O)NC(=O)OC(C)(C)C)S(=O)(=O)c2ccccc2[N+](=O)[O-])CS1. The van der Waals surface area contributed by atoms with Crippen LogP contribution in [0.25, 0.3) is 0 Å². The maximum Gasteiger partial charge on any atom is 0.408 e. The van der Waals surface area contributed by atoms with E-state index >= 15 is 0 Å². The van der Waals surface area contributed by atoms with E-state index in [-0.39, 0.29) is 5.75 Å². The Morgan fingerprint density at radius 2 is 2.00 bits per heavy atom. The van der Waals surface area contributed by atoms with Gasteiger partial charge in [0.05, 0.1) is 16.4 Å². The number of rotatable bonds is 12. The van der Waals surface area contributed by atoms with Gasteiger partial charge in [0, 0.05) is 11.8 Å². The van der Waals surface area contributed by atoms with Gasteiger partial charge in [0.2, 0.25) is 0 Å². The van der Waals surface area contributed by atoms with Gasteiger partial charge in [0.25, 0.3) is 15.7 Å². The molecule has 0 saturated carbocycles. The number of hydrogen-bond donors (Lipinski definition) is 2. The minimum atomic E-state index is -4.71. The molecule has 0 aromatic heterocycles. The molecule has 0 radical (unpaired) electrons. The van der Waals surface area contributed by atoms with E-state index in [4.69, 9.17) is 4.74 Å². The highest BCUT2D eigenvalue weighted by Crippen LogP contribution is 2.33. The van der Waals surface area contributed by atoms with Gasteiger partial charge in [-0.05, 0) is 39.7 Å². The number of nitrogens with zero attached hydrogens (tertiary/aromatic N) is 3. The molecule has 1 aromatic rings. The summed E-state index contributed by atoms with van der Waals surface area (Å²) in [5, 5.41) is 24.2. The first-order valence-corrected chi connectivity index (χ1v) is 13.9. The molecule has 0 spiro atoms. The predicted molar refractivity (Wildman–Crippen MR) is 135 cm³/mol. The smallest absolute Gasteiger partial charge is 0.408 e. The zero-order valence-electron chi connectivity index (χ0n) is 20.7. The average Bonchev–Trinajstić information content (AvgIpc) is 3.20. The molecule has 36 heavy (non-hydrogen) atoms. The number of hydrogen-bond acceptors (Lipinski definition) is 9. The fraction of sp³-hybridized carbons (Fsp3) is 0.591. The van der Waals surface area contributed by atoms with Gasteiger partial charge < -0.3 is 15.2 Å². The standard InChI is InChI=1S/C22H32N4O8S2/c1-5-6-7-12-19-23-18(14-35-19)25(17(13-20(27)28)24-21(29)34-22(2,3)4)36(32,33)16-11-9-8-10-15(16)26(30)31/h8-11,17-18H,5-7,12-14H2,1-4H3,(H,24,29)(H,27,28)/t17-,18-/m0/s1. The highest BCUT2D eigenvalue weighted by Gasteiger charge is 2.44. The number of carbonyl (C=O) groups is 2. The molecule has 0 bridgehead atoms. The Kier molecular flexibility index (Phi) is 10.3. The summed E-state index contributed by atoms with van der Waals surface area (Å²) in [5.74, 6) is -1.23. The summed E-state index contributed by atoms with van der Waals surface area (Å²) >= 11 is 1.33. The maximum absolute atomic E-state index is 13.9. The quantitative estimate of drug-likeness (QED) is 0.171. The lowest BCUT2D eigenvalue weighted by molar-refractivity contribution is -0.387. The van der Waals surface area contributed by atoms with Crippen molar-refractivity contribution in [1.82, 2.24) is 9.62 Å². The van der Waals surface area contributed by atoms with Crippen molar-refractivity contribution < 1.29 is 32.8 Å². The molecule has 0 unspecified atom stereocenters. The molecule has 0 saturated heterocycles. The van der Waals surface area contributed by atoms with Gasteiger partial charge in [0.15, 0.2) is 4.90 Å². The monoisotopic (exact) mass is 544 g/mol. The highest BCUT2D eigenvalue weighted by atomic mass is 32.2. The van der Waals surface area contributed by atoms with Crippen LogP contribution in [0.15, 0.2) is 34.2 Å². The molecular weight excluding hydrogens is 512 g/mol. The summed E-state index contributed by atoms with van der Waals surface area (Å²) < 4.78 is 33.7. The van der Waals surface area contributed by atoms with Gasteiger partial charge in [0.1, 0.15) is 17.9 Å². The lowest BCUT2D eigenvalue weighted by atomic mass is 10.2. The zero-order valence-corrected chi connectivity index (χ0v) is 22.3. The number of unbranched alkanes of at least 4 members (excludes halogenated alkanes) is 2. The number of sulfonamides is 1. The normalized spacial score (nSPS) is 16.9. The van der Waals surface area contributed by atoms with Crippen molar-refractivity contribution in [3.8, 4) is 0 Å². The maximum atomic E-state index is 13.9. The number of ether oxygens (including phenoxy) is 1. The first kappa shape index (κ1) is 29.5. The summed E-state index contributed by atoms with van der Waals surface area (Å²) in [5.41, 5.74) is -1.61. The van der Waals surface area contributed by atoms with Crippen molar-refractivity contribution >= 4 is 44.6 Å². The van der Waals surface area contributed by atoms with Crippen LogP contribution in [0.2, 0.25) is 0 Å². The number of nitrogens with one attached hydrogen (secondary N) is 1. The van der Waals surface area contributed by atoms with Gasteiger partial charge >= 0.3 is 12.1 Å². The molecule has 14 heteroatoms. The van der Waals surface area contributed by atoms with Crippen LogP contribution in [0.5, 0.6) is 0 Å². The number of nitro benzene ring substituents is 1. The number of para-hydroxylation sites is 1. The third-order valence-corrected chi connectivity index (χ3v) is 8.02. The Labute approximate surface area is 214 Å². The number of carboxylic acids is 1. The summed E-state index contributed by atoms with van der Waals surface area (Å²) in [6.45, 7) is 6.84. The van der Waals surface area contributed by atoms with Crippen molar-refractivity contribution in [2.45, 2.75) is 82.6 Å². The van der Waals surface area contributed by atoms with Crippen LogP contribution in [0, 0.1) is 10.1 Å². The van der Waals surface area contributed by atoms with Gasteiger partial charge in [-0.15, -0.1) is 11.8 Å². The summed E-state index contributed by atoms with van der Waals surface area (Å²) in [4.78, 5) is 38.9. The lowest BCUT2D eigenvalue weighted by Crippen LogP contribution is -2.56. The van der Waals surface area contributed by atoms with E-state index < -0.39 is 61.9 Å². The molecule has 2 atom stereocenters. The Morgan fingerprint density at radius 1 is 1.33 bits per heavy atom. The largest absolute Gasteiger partial charge is 0.481 e. The highest BCUT2D eigenvalue weighted by molar-refractivity contribution is 8.14. The first-order valence-electron chi connectivity index (χ1n) is 11.4. The second-order valence-corrected chi connectivity index (χ2v) is 12.0. The lowest BCUT2D eigenvalue weighted by Gasteiger charge is -2.33. The van der Waals surface area contributed by atoms with Crippen molar-refractivity contribution in [3.05, 3.63) is 34.4 Å². The Morgan fingerprint density at radius 3 is 2.58 bits per heavy atom. The fourth-order valence-corrected chi connectivity index (χ4v) is 6.44. The number of alkyl carbamates (subject to hydrolysis) is 1. The fourth-order valence-electron chi connectivity index (χ4n) is 3.49. The number of amides is 1. The van der Waals surface area contributed by atoms with E-state index in [0.717, 1.165) is 35.7 Å². The Balaban J connectivity index is 2.58. The third kappa shape index (κ3) is 8.17. The molecule has 1 aliphatic rings. The molecule has 2 rings (SSSR count). The molecule has 12 nitrogen and oxygen atoms in total. The van der Waals surface area contributed by atoms with Gasteiger partial charge in [-0.25, -0.2) is 13.2 Å². The number of benzene rings is 1. The van der Waals surface area contributed by atoms with Gasteiger partial charge in [-0.3, -0.25) is 19.9 Å². The molecule has 0 aliphatic carbocycles. The van der Waals surface area contributed by atoms with E-state index in [0.29, 0.717) is 11.5 Å². The topological polar surface area (TPSA) is 169 Å². The van der Waals surface area contributed by atoms with Gasteiger partial charge in [-0.1, -0.05) is 31.9 Å². The Hall–Kier alpha value is -2.71. The molecule has 2 N–H and O–H groups in total. The number of carbonyl (C=O) groups excluding carboxylic acids is 1. The van der Waals surface area contributed by atoms with Crippen molar-refractivity contribution in [2.24, 2.45) is 4.99 Å². The van der Waals surface area contributed by atoms with Crippen molar-refractivity contribution in [1.29, 1.82) is 0 Å². The third-order valence-electron chi connectivity index (χ3n) is 4.96. The molecule has 1 aliphatic heterocycles. The van der Waals surface area contributed by atoms with Crippen LogP contribution in [0.4, 0.5) is 10.5 Å². The average molecular weight is 545 g/mol. The van der Waals surface area contributed by atoms with Crippen LogP contribution in [0.3, 0.4) is 0 Å². The van der Waals surface area contributed by atoms with E-state index in [2.05, 4.69) is 10.3 Å². The number of carboxylic acid groups (broad SMARTS) is 1. The van der Waals surface area contributed by atoms with E-state index in [1.54, 1.807) is 20.8 Å². The second-order valence-electron chi connectivity index (χ2n) is 9.09. The molecule has 1 aromatic carbocycles. The minimum Gasteiger partial charge on any atom is -0.481 e. The van der Waals surface area contributed by atoms with Crippen LogP contribution >= 0.6 is 11.8 Å². The van der Waals surface area contributed by atoms with Crippen LogP contribution in [-0.2, 0) is 19.6 Å². The summed E-state index contributed by atoms with van der Waals surface area (Å²) in [6, 6.07) is 4.76. The molecule has 1 heterocycles. The Bertz CT molecular complexity index is 1100.